The lowest BCUT2D eigenvalue weighted by Gasteiger charge is -2.12. The van der Waals surface area contributed by atoms with Gasteiger partial charge in [-0.2, -0.15) is 10.1 Å². The van der Waals surface area contributed by atoms with Crippen molar-refractivity contribution in [2.45, 2.75) is 0 Å². The molecule has 2 aromatic carbocycles. The maximum Gasteiger partial charge on any atom is 0.340 e. The third-order valence-electron chi connectivity index (χ3n) is 4.07. The number of benzene rings is 2. The molecule has 1 aliphatic heterocycles. The molecule has 10 heteroatoms. The number of aromatic carboxylic acids is 1. The zero-order valence-electron chi connectivity index (χ0n) is 15.8. The molecule has 1 saturated heterocycles. The molecule has 30 heavy (non-hydrogen) atoms. The Morgan fingerprint density at radius 2 is 1.93 bits per heavy atom. The van der Waals surface area contributed by atoms with Crippen LogP contribution in [-0.4, -0.2) is 46.7 Å². The van der Waals surface area contributed by atoms with Gasteiger partial charge in [0.05, 0.1) is 25.3 Å². The van der Waals surface area contributed by atoms with Gasteiger partial charge in [-0.15, -0.1) is 0 Å². The highest BCUT2D eigenvalue weighted by atomic mass is 32.2. The molecule has 0 spiro atoms. The monoisotopic (exact) mass is 446 g/mol. The quantitative estimate of drug-likeness (QED) is 0.410. The van der Waals surface area contributed by atoms with Crippen molar-refractivity contribution in [3.63, 3.8) is 0 Å². The number of carbonyl (C=O) groups is 2. The zero-order chi connectivity index (χ0) is 21.8. The fraction of sp³-hybridized carbons (Fsp3) is 0.100. The number of ether oxygens (including phenoxy) is 2. The Morgan fingerprint density at radius 3 is 2.57 bits per heavy atom. The molecule has 1 heterocycles. The van der Waals surface area contributed by atoms with E-state index in [1.54, 1.807) is 6.07 Å². The van der Waals surface area contributed by atoms with Gasteiger partial charge in [-0.3, -0.25) is 4.79 Å². The molecular weight excluding hydrogens is 431 g/mol. The van der Waals surface area contributed by atoms with E-state index in [0.29, 0.717) is 0 Å². The van der Waals surface area contributed by atoms with Gasteiger partial charge in [0.2, 0.25) is 0 Å². The number of carbonyl (C=O) groups excluding carboxylic acids is 1. The fourth-order valence-corrected chi connectivity index (χ4v) is 3.85. The molecule has 0 bridgehead atoms. The molecule has 7 nitrogen and oxygen atoms in total. The lowest BCUT2D eigenvalue weighted by Crippen LogP contribution is -2.22. The van der Waals surface area contributed by atoms with E-state index >= 15 is 0 Å². The van der Waals surface area contributed by atoms with E-state index in [0.717, 1.165) is 16.8 Å². The molecule has 1 N–H and O–H groups in total. The van der Waals surface area contributed by atoms with Crippen molar-refractivity contribution in [2.24, 2.45) is 5.10 Å². The third-order valence-corrected chi connectivity index (χ3v) is 5.35. The maximum absolute atomic E-state index is 13.8. The Labute approximate surface area is 180 Å². The van der Waals surface area contributed by atoms with Gasteiger partial charge in [-0.25, -0.2) is 9.18 Å². The highest BCUT2D eigenvalue weighted by molar-refractivity contribution is 8.26. The molecule has 0 unspecified atom stereocenters. The van der Waals surface area contributed by atoms with Crippen molar-refractivity contribution >= 4 is 52.5 Å². The summed E-state index contributed by atoms with van der Waals surface area (Å²) in [4.78, 5) is 24.7. The number of nitrogens with zero attached hydrogens (tertiary/aromatic N) is 2. The van der Waals surface area contributed by atoms with Crippen molar-refractivity contribution in [1.82, 2.24) is 5.01 Å². The number of halogens is 1. The molecule has 0 aliphatic carbocycles. The van der Waals surface area contributed by atoms with Crippen LogP contribution in [0.3, 0.4) is 0 Å². The topological polar surface area (TPSA) is 88.4 Å². The molecule has 1 fully saturated rings. The van der Waals surface area contributed by atoms with Crippen LogP contribution < -0.4 is 9.47 Å². The van der Waals surface area contributed by atoms with E-state index in [-0.39, 0.29) is 37.4 Å². The third kappa shape index (κ3) is 4.19. The molecular formula is C20H15FN2O5S2. The number of thioether (sulfide) groups is 1. The van der Waals surface area contributed by atoms with Crippen LogP contribution >= 0.6 is 24.0 Å². The average Bonchev–Trinajstić information content (AvgIpc) is 2.99. The summed E-state index contributed by atoms with van der Waals surface area (Å²) in [6.07, 6.45) is 2.59. The first kappa shape index (κ1) is 21.5. The normalized spacial score (nSPS) is 15.3. The Kier molecular flexibility index (Phi) is 6.48. The smallest absolute Gasteiger partial charge is 0.340 e. The summed E-state index contributed by atoms with van der Waals surface area (Å²) < 4.78 is 24.2. The molecule has 0 atom stereocenters. The zero-order valence-corrected chi connectivity index (χ0v) is 17.4. The number of hydrazone groups is 1. The second-order valence-electron chi connectivity index (χ2n) is 5.83. The van der Waals surface area contributed by atoms with Gasteiger partial charge in [0.25, 0.3) is 5.91 Å². The summed E-state index contributed by atoms with van der Waals surface area (Å²) >= 11 is 6.15. The standard InChI is InChI=1S/C20H15FN2O5S2/c1-27-14-8-7-11(16(19(25)26)17(14)28-2)9-15-18(24)23(20(29)30-15)22-10-12-5-3-4-6-13(12)21/h3-10H,1-2H3,(H,25,26)/b15-9+,22-10+. The fourth-order valence-electron chi connectivity index (χ4n) is 2.68. The number of carboxylic acids is 1. The van der Waals surface area contributed by atoms with Gasteiger partial charge in [0.1, 0.15) is 11.4 Å². The minimum Gasteiger partial charge on any atom is -0.493 e. The van der Waals surface area contributed by atoms with Crippen molar-refractivity contribution < 1.29 is 28.6 Å². The van der Waals surface area contributed by atoms with Gasteiger partial charge in [-0.1, -0.05) is 36.0 Å². The number of hydrogen-bond acceptors (Lipinski definition) is 7. The van der Waals surface area contributed by atoms with E-state index in [2.05, 4.69) is 5.10 Å². The molecule has 1 aliphatic rings. The van der Waals surface area contributed by atoms with Gasteiger partial charge in [0.15, 0.2) is 15.8 Å². The molecule has 0 radical (unpaired) electrons. The van der Waals surface area contributed by atoms with Gasteiger partial charge in [-0.05, 0) is 36.0 Å². The summed E-state index contributed by atoms with van der Waals surface area (Å²) in [6.45, 7) is 0. The van der Waals surface area contributed by atoms with Crippen molar-refractivity contribution in [3.8, 4) is 11.5 Å². The summed E-state index contributed by atoms with van der Waals surface area (Å²) in [5.41, 5.74) is 0.277. The first-order valence-electron chi connectivity index (χ1n) is 8.42. The average molecular weight is 446 g/mol. The first-order valence-corrected chi connectivity index (χ1v) is 9.64. The Bertz CT molecular complexity index is 1100. The molecule has 0 aromatic heterocycles. The molecule has 0 saturated carbocycles. The molecule has 2 aromatic rings. The van der Waals surface area contributed by atoms with Crippen molar-refractivity contribution in [2.75, 3.05) is 14.2 Å². The molecule has 1 amide bonds. The number of amides is 1. The highest BCUT2D eigenvalue weighted by Crippen LogP contribution is 2.37. The van der Waals surface area contributed by atoms with E-state index in [1.165, 1.54) is 56.8 Å². The van der Waals surface area contributed by atoms with Crippen molar-refractivity contribution in [1.29, 1.82) is 0 Å². The largest absolute Gasteiger partial charge is 0.493 e. The number of hydrogen-bond donors (Lipinski definition) is 1. The summed E-state index contributed by atoms with van der Waals surface area (Å²) in [5.74, 6) is -2.01. The first-order chi connectivity index (χ1) is 14.4. The van der Waals surface area contributed by atoms with Gasteiger partial charge >= 0.3 is 5.97 Å². The van der Waals surface area contributed by atoms with Gasteiger partial charge < -0.3 is 14.6 Å². The lowest BCUT2D eigenvalue weighted by atomic mass is 10.0. The minimum absolute atomic E-state index is 0.0341. The van der Waals surface area contributed by atoms with Crippen LogP contribution in [0.1, 0.15) is 21.5 Å². The predicted molar refractivity (Wildman–Crippen MR) is 116 cm³/mol. The Hall–Kier alpha value is -3.24. The van der Waals surface area contributed by atoms with Crippen LogP contribution in [-0.2, 0) is 4.79 Å². The van der Waals surface area contributed by atoms with E-state index in [9.17, 15) is 19.1 Å². The second kappa shape index (κ2) is 9.06. The lowest BCUT2D eigenvalue weighted by molar-refractivity contribution is -0.122. The SMILES string of the molecule is COc1ccc(/C=C2/SC(=S)N(/N=C/c3ccccc3F)C2=O)c(C(=O)O)c1OC. The van der Waals surface area contributed by atoms with Crippen LogP contribution in [0, 0.1) is 5.82 Å². The van der Waals surface area contributed by atoms with Crippen molar-refractivity contribution in [3.05, 3.63) is 63.8 Å². The molecule has 154 valence electrons. The van der Waals surface area contributed by atoms with E-state index < -0.39 is 17.7 Å². The predicted octanol–water partition coefficient (Wildman–Crippen LogP) is 3.78. The van der Waals surface area contributed by atoms with Crippen LogP contribution in [0.5, 0.6) is 11.5 Å². The summed E-state index contributed by atoms with van der Waals surface area (Å²) in [5, 5.41) is 14.6. The van der Waals surface area contributed by atoms with Crippen LogP contribution in [0.15, 0.2) is 46.4 Å². The minimum atomic E-state index is -1.25. The number of thiocarbonyl (C=S) groups is 1. The Morgan fingerprint density at radius 1 is 1.20 bits per heavy atom. The van der Waals surface area contributed by atoms with Gasteiger partial charge in [0, 0.05) is 5.56 Å². The Balaban J connectivity index is 1.96. The summed E-state index contributed by atoms with van der Waals surface area (Å²) in [7, 11) is 2.72. The van der Waals surface area contributed by atoms with Crippen LogP contribution in [0.25, 0.3) is 6.08 Å². The van der Waals surface area contributed by atoms with Crippen LogP contribution in [0.4, 0.5) is 4.39 Å². The van der Waals surface area contributed by atoms with E-state index in [1.807, 2.05) is 0 Å². The van der Waals surface area contributed by atoms with E-state index in [4.69, 9.17) is 21.7 Å². The maximum atomic E-state index is 13.8. The molecule has 3 rings (SSSR count). The van der Waals surface area contributed by atoms with Crippen LogP contribution in [0.2, 0.25) is 0 Å². The number of rotatable bonds is 6. The highest BCUT2D eigenvalue weighted by Gasteiger charge is 2.33. The second-order valence-corrected chi connectivity index (χ2v) is 7.51. The summed E-state index contributed by atoms with van der Waals surface area (Å²) in [6, 6.07) is 9.00. The number of carboxylic acid groups (broad SMARTS) is 1. The number of methoxy groups -OCH3 is 2.